The number of nitriles is 1. The van der Waals surface area contributed by atoms with Crippen molar-refractivity contribution < 1.29 is 4.90 Å². The Hall–Kier alpha value is -1.79. The van der Waals surface area contributed by atoms with Crippen molar-refractivity contribution in [3.05, 3.63) is 36.0 Å². The summed E-state index contributed by atoms with van der Waals surface area (Å²) in [4.78, 5) is 4.68. The minimum absolute atomic E-state index is 0.0198. The lowest BCUT2D eigenvalue weighted by Crippen LogP contribution is -3.10. The van der Waals surface area contributed by atoms with E-state index in [2.05, 4.69) is 23.2 Å². The summed E-state index contributed by atoms with van der Waals surface area (Å²) in [5, 5.41) is 10.6. The highest BCUT2D eigenvalue weighted by atomic mass is 15.2. The summed E-state index contributed by atoms with van der Waals surface area (Å²) in [5.74, 6) is 0. The molecular formula is C14H16N3+. The molecule has 0 unspecified atom stereocenters. The van der Waals surface area contributed by atoms with Crippen LogP contribution in [0.3, 0.4) is 0 Å². The van der Waals surface area contributed by atoms with Gasteiger partial charge in [0.25, 0.3) is 0 Å². The lowest BCUT2D eigenvalue weighted by Gasteiger charge is -2.17. The van der Waals surface area contributed by atoms with Crippen LogP contribution >= 0.6 is 0 Å². The van der Waals surface area contributed by atoms with E-state index in [4.69, 9.17) is 0 Å². The second kappa shape index (κ2) is 4.23. The van der Waals surface area contributed by atoms with E-state index < -0.39 is 0 Å². The Morgan fingerprint density at radius 1 is 1.24 bits per heavy atom. The molecule has 1 aliphatic rings. The van der Waals surface area contributed by atoms with E-state index in [1.165, 1.54) is 23.1 Å². The lowest BCUT2D eigenvalue weighted by molar-refractivity contribution is -0.911. The number of nitrogens with zero attached hydrogens (tertiary/aromatic N) is 1. The van der Waals surface area contributed by atoms with Gasteiger partial charge in [-0.25, -0.2) is 0 Å². The van der Waals surface area contributed by atoms with E-state index in [1.807, 2.05) is 18.3 Å². The smallest absolute Gasteiger partial charge is 0.202 e. The summed E-state index contributed by atoms with van der Waals surface area (Å²) in [6, 6.07) is 10.7. The third-order valence-electron chi connectivity index (χ3n) is 3.72. The van der Waals surface area contributed by atoms with Gasteiger partial charge in [-0.1, -0.05) is 18.2 Å². The van der Waals surface area contributed by atoms with Crippen molar-refractivity contribution in [1.82, 2.24) is 4.98 Å². The summed E-state index contributed by atoms with van der Waals surface area (Å²) in [5.41, 5.74) is 2.28. The Balaban J connectivity index is 2.04. The average molecular weight is 226 g/mol. The number of H-pyrrole nitrogens is 1. The molecule has 1 aliphatic heterocycles. The van der Waals surface area contributed by atoms with Crippen LogP contribution in [-0.4, -0.2) is 18.1 Å². The van der Waals surface area contributed by atoms with Crippen LogP contribution in [0.1, 0.15) is 24.4 Å². The van der Waals surface area contributed by atoms with Crippen molar-refractivity contribution in [2.24, 2.45) is 0 Å². The fourth-order valence-corrected chi connectivity index (χ4v) is 2.83. The summed E-state index contributed by atoms with van der Waals surface area (Å²) < 4.78 is 0. The number of benzene rings is 1. The van der Waals surface area contributed by atoms with Crippen LogP contribution in [0.5, 0.6) is 0 Å². The van der Waals surface area contributed by atoms with Crippen LogP contribution in [0.2, 0.25) is 0 Å². The molecule has 3 nitrogen and oxygen atoms in total. The standard InChI is InChI=1S/C14H15N3/c15-9-14(17-7-3-4-8-17)12-10-16-13-6-2-1-5-11(12)13/h1-2,5-6,10,14,16H,3-4,7-8H2/p+1/t14-/m0/s1. The minimum Gasteiger partial charge on any atom is -0.361 e. The van der Waals surface area contributed by atoms with Crippen LogP contribution < -0.4 is 4.90 Å². The van der Waals surface area contributed by atoms with E-state index in [9.17, 15) is 5.26 Å². The van der Waals surface area contributed by atoms with Gasteiger partial charge in [0, 0.05) is 35.5 Å². The molecular weight excluding hydrogens is 210 g/mol. The van der Waals surface area contributed by atoms with Crippen molar-refractivity contribution in [2.45, 2.75) is 18.9 Å². The second-order valence-electron chi connectivity index (χ2n) is 4.72. The molecule has 0 radical (unpaired) electrons. The Bertz CT molecular complexity index is 558. The van der Waals surface area contributed by atoms with Crippen LogP contribution in [-0.2, 0) is 0 Å². The van der Waals surface area contributed by atoms with Crippen molar-refractivity contribution in [3.63, 3.8) is 0 Å². The van der Waals surface area contributed by atoms with Crippen molar-refractivity contribution in [2.75, 3.05) is 13.1 Å². The SMILES string of the molecule is N#C[C@@H](c1c[nH]c2ccccc12)[NH+]1CCCC1. The number of hydrogen-bond acceptors (Lipinski definition) is 1. The molecule has 2 N–H and O–H groups in total. The number of hydrogen-bond donors (Lipinski definition) is 2. The quantitative estimate of drug-likeness (QED) is 0.799. The number of nitrogens with one attached hydrogen (secondary N) is 2. The Morgan fingerprint density at radius 2 is 2.00 bits per heavy atom. The zero-order valence-electron chi connectivity index (χ0n) is 9.74. The van der Waals surface area contributed by atoms with Crippen LogP contribution in [0.4, 0.5) is 0 Å². The average Bonchev–Trinajstić information content (AvgIpc) is 3.01. The fraction of sp³-hybridized carbons (Fsp3) is 0.357. The zero-order valence-corrected chi connectivity index (χ0v) is 9.74. The maximum atomic E-state index is 9.43. The summed E-state index contributed by atoms with van der Waals surface area (Å²) in [7, 11) is 0. The van der Waals surface area contributed by atoms with Crippen molar-refractivity contribution in [3.8, 4) is 6.07 Å². The molecule has 3 heteroatoms. The van der Waals surface area contributed by atoms with Gasteiger partial charge in [-0.15, -0.1) is 0 Å². The second-order valence-corrected chi connectivity index (χ2v) is 4.72. The first kappa shape index (κ1) is 10.4. The van der Waals surface area contributed by atoms with Crippen LogP contribution in [0.15, 0.2) is 30.5 Å². The van der Waals surface area contributed by atoms with Gasteiger partial charge in [-0.2, -0.15) is 5.26 Å². The Morgan fingerprint density at radius 3 is 2.76 bits per heavy atom. The third-order valence-corrected chi connectivity index (χ3v) is 3.72. The zero-order chi connectivity index (χ0) is 11.7. The van der Waals surface area contributed by atoms with E-state index >= 15 is 0 Å². The third kappa shape index (κ3) is 1.71. The molecule has 1 saturated heterocycles. The molecule has 1 aromatic heterocycles. The highest BCUT2D eigenvalue weighted by Gasteiger charge is 2.28. The molecule has 3 rings (SSSR count). The van der Waals surface area contributed by atoms with Gasteiger partial charge in [0.15, 0.2) is 0 Å². The van der Waals surface area contributed by atoms with Gasteiger partial charge in [0.05, 0.1) is 13.1 Å². The number of aromatic amines is 1. The van der Waals surface area contributed by atoms with Crippen molar-refractivity contribution in [1.29, 1.82) is 5.26 Å². The molecule has 86 valence electrons. The number of fused-ring (bicyclic) bond motifs is 1. The predicted molar refractivity (Wildman–Crippen MR) is 66.6 cm³/mol. The molecule has 1 aromatic carbocycles. The predicted octanol–water partition coefficient (Wildman–Crippen LogP) is 1.41. The van der Waals surface area contributed by atoms with E-state index in [1.54, 1.807) is 0 Å². The fourth-order valence-electron chi connectivity index (χ4n) is 2.83. The van der Waals surface area contributed by atoms with Crippen LogP contribution in [0.25, 0.3) is 10.9 Å². The first-order valence-corrected chi connectivity index (χ1v) is 6.20. The van der Waals surface area contributed by atoms with E-state index in [0.717, 1.165) is 24.2 Å². The summed E-state index contributed by atoms with van der Waals surface area (Å²) in [6.07, 6.45) is 4.50. The Kier molecular flexibility index (Phi) is 2.58. The minimum atomic E-state index is -0.0198. The molecule has 0 spiro atoms. The van der Waals surface area contributed by atoms with Gasteiger partial charge < -0.3 is 9.88 Å². The highest BCUT2D eigenvalue weighted by Crippen LogP contribution is 2.22. The van der Waals surface area contributed by atoms with Gasteiger partial charge >= 0.3 is 0 Å². The number of para-hydroxylation sites is 1. The maximum Gasteiger partial charge on any atom is 0.202 e. The number of quaternary nitrogens is 1. The van der Waals surface area contributed by atoms with Gasteiger partial charge in [-0.05, 0) is 6.07 Å². The molecule has 0 amide bonds. The number of likely N-dealkylation sites (tertiary alicyclic amines) is 1. The molecule has 0 aliphatic carbocycles. The topological polar surface area (TPSA) is 44.0 Å². The maximum absolute atomic E-state index is 9.43. The molecule has 0 bridgehead atoms. The monoisotopic (exact) mass is 226 g/mol. The van der Waals surface area contributed by atoms with Gasteiger partial charge in [0.2, 0.25) is 6.04 Å². The lowest BCUT2D eigenvalue weighted by atomic mass is 10.1. The normalized spacial score (nSPS) is 18.3. The molecule has 1 atom stereocenters. The highest BCUT2D eigenvalue weighted by molar-refractivity contribution is 5.83. The van der Waals surface area contributed by atoms with E-state index in [0.29, 0.717) is 0 Å². The van der Waals surface area contributed by atoms with Crippen LogP contribution in [0, 0.1) is 11.3 Å². The first-order valence-electron chi connectivity index (χ1n) is 6.20. The molecule has 2 heterocycles. The van der Waals surface area contributed by atoms with Crippen molar-refractivity contribution >= 4 is 10.9 Å². The molecule has 17 heavy (non-hydrogen) atoms. The summed E-state index contributed by atoms with van der Waals surface area (Å²) in [6.45, 7) is 2.25. The Labute approximate surface area is 101 Å². The molecule has 2 aromatic rings. The van der Waals surface area contributed by atoms with Gasteiger partial charge in [0.1, 0.15) is 6.07 Å². The first-order chi connectivity index (χ1) is 8.40. The largest absolute Gasteiger partial charge is 0.361 e. The van der Waals surface area contributed by atoms with Gasteiger partial charge in [-0.3, -0.25) is 0 Å². The molecule has 1 fully saturated rings. The molecule has 0 saturated carbocycles. The number of rotatable bonds is 2. The van der Waals surface area contributed by atoms with E-state index in [-0.39, 0.29) is 6.04 Å². The summed E-state index contributed by atoms with van der Waals surface area (Å²) >= 11 is 0. The number of aromatic nitrogens is 1.